The zero-order valence-electron chi connectivity index (χ0n) is 21.8. The number of anilines is 2. The number of nitrogens with one attached hydrogen (secondary N) is 2. The van der Waals surface area contributed by atoms with E-state index in [1.54, 1.807) is 17.3 Å². The molecule has 202 valence electrons. The molecule has 2 saturated heterocycles. The van der Waals surface area contributed by atoms with E-state index >= 15 is 0 Å². The molecule has 1 aromatic carbocycles. The van der Waals surface area contributed by atoms with Crippen molar-refractivity contribution in [3.63, 3.8) is 0 Å². The number of piperazine rings is 1. The lowest BCUT2D eigenvalue weighted by Gasteiger charge is -2.32. The van der Waals surface area contributed by atoms with Gasteiger partial charge in [0.25, 0.3) is 0 Å². The first kappa shape index (κ1) is 27.2. The third-order valence-electron chi connectivity index (χ3n) is 6.33. The summed E-state index contributed by atoms with van der Waals surface area (Å²) in [5, 5.41) is 7.48. The Morgan fingerprint density at radius 2 is 1.79 bits per heavy atom. The van der Waals surface area contributed by atoms with Gasteiger partial charge in [0.05, 0.1) is 37.0 Å². The van der Waals surface area contributed by atoms with Gasteiger partial charge in [-0.1, -0.05) is 18.7 Å². The Hall–Kier alpha value is -3.80. The number of hydrogen-bond acceptors (Lipinski definition) is 9. The standard InChI is InChI=1S/C27H36FN9O/c1-21(32-27(26(28)17-29)37-13-15-38-16-14-37)34-31-19-24-7-8-25(18-30-24)33-23-5-3-22(4-6-23)20-36-11-9-35(2)10-12-36/h3-8,17-19,33-34H,1,9-16,20,29H2,2H3/b26-17+,31-19+,32-27+. The van der Waals surface area contributed by atoms with Crippen molar-refractivity contribution in [2.75, 3.05) is 64.8 Å². The van der Waals surface area contributed by atoms with Crippen molar-refractivity contribution >= 4 is 23.4 Å². The Balaban J connectivity index is 1.27. The normalized spacial score (nSPS) is 18.1. The molecular formula is C27H36FN9O. The van der Waals surface area contributed by atoms with Gasteiger partial charge in [-0.05, 0) is 36.9 Å². The molecular weight excluding hydrogens is 485 g/mol. The monoisotopic (exact) mass is 521 g/mol. The molecule has 2 fully saturated rings. The van der Waals surface area contributed by atoms with Crippen LogP contribution in [0.5, 0.6) is 0 Å². The second-order valence-electron chi connectivity index (χ2n) is 9.24. The summed E-state index contributed by atoms with van der Waals surface area (Å²) in [6, 6.07) is 12.3. The zero-order chi connectivity index (χ0) is 26.7. The van der Waals surface area contributed by atoms with Crippen LogP contribution in [0.3, 0.4) is 0 Å². The zero-order valence-corrected chi connectivity index (χ0v) is 21.8. The SMILES string of the molecule is C=C(/N=C(\C(F)=C/N)N1CCOCC1)N/N=C/c1ccc(Nc2ccc(CN3CCN(C)CC3)cc2)cn1. The van der Waals surface area contributed by atoms with Crippen LogP contribution in [0.2, 0.25) is 0 Å². The van der Waals surface area contributed by atoms with Crippen molar-refractivity contribution in [3.8, 4) is 0 Å². The Morgan fingerprint density at radius 3 is 2.45 bits per heavy atom. The number of hydrazone groups is 1. The number of aromatic nitrogens is 1. The predicted molar refractivity (Wildman–Crippen MR) is 150 cm³/mol. The number of rotatable bonds is 9. The molecule has 4 rings (SSSR count). The minimum atomic E-state index is -0.631. The molecule has 38 heavy (non-hydrogen) atoms. The highest BCUT2D eigenvalue weighted by molar-refractivity contribution is 5.96. The largest absolute Gasteiger partial charge is 0.402 e. The van der Waals surface area contributed by atoms with Gasteiger partial charge in [-0.3, -0.25) is 15.3 Å². The number of aliphatic imine (C=N–C) groups is 1. The van der Waals surface area contributed by atoms with Crippen LogP contribution < -0.4 is 16.5 Å². The number of likely N-dealkylation sites (N-methyl/N-ethyl adjacent to an activating group) is 1. The summed E-state index contributed by atoms with van der Waals surface area (Å²) < 4.78 is 19.6. The van der Waals surface area contributed by atoms with E-state index in [1.165, 1.54) is 5.56 Å². The van der Waals surface area contributed by atoms with Crippen molar-refractivity contribution in [1.82, 2.24) is 25.1 Å². The molecule has 0 saturated carbocycles. The number of benzene rings is 1. The summed E-state index contributed by atoms with van der Waals surface area (Å²) in [6.45, 7) is 11.2. The first-order valence-electron chi connectivity index (χ1n) is 12.7. The highest BCUT2D eigenvalue weighted by atomic mass is 19.1. The molecule has 0 atom stereocenters. The molecule has 3 heterocycles. The number of ether oxygens (including phenoxy) is 1. The van der Waals surface area contributed by atoms with E-state index in [9.17, 15) is 4.39 Å². The Kier molecular flexibility index (Phi) is 9.79. The van der Waals surface area contributed by atoms with Crippen molar-refractivity contribution in [1.29, 1.82) is 0 Å². The number of pyridine rings is 1. The Morgan fingerprint density at radius 1 is 1.08 bits per heavy atom. The maximum atomic E-state index is 14.2. The Labute approximate surface area is 223 Å². The van der Waals surface area contributed by atoms with Crippen LogP contribution in [-0.2, 0) is 11.3 Å². The molecule has 10 nitrogen and oxygen atoms in total. The molecule has 0 aliphatic carbocycles. The minimum Gasteiger partial charge on any atom is -0.402 e. The lowest BCUT2D eigenvalue weighted by molar-refractivity contribution is 0.0676. The summed E-state index contributed by atoms with van der Waals surface area (Å²) in [5.74, 6) is -0.355. The van der Waals surface area contributed by atoms with E-state index in [4.69, 9.17) is 10.5 Å². The molecule has 11 heteroatoms. The fourth-order valence-corrected chi connectivity index (χ4v) is 4.13. The van der Waals surface area contributed by atoms with E-state index in [1.807, 2.05) is 12.1 Å². The van der Waals surface area contributed by atoms with Crippen LogP contribution in [0.25, 0.3) is 0 Å². The first-order valence-corrected chi connectivity index (χ1v) is 12.7. The van der Waals surface area contributed by atoms with Gasteiger partial charge in [-0.15, -0.1) is 0 Å². The predicted octanol–water partition coefficient (Wildman–Crippen LogP) is 2.47. The lowest BCUT2D eigenvalue weighted by atomic mass is 10.1. The van der Waals surface area contributed by atoms with Crippen LogP contribution >= 0.6 is 0 Å². The smallest absolute Gasteiger partial charge is 0.181 e. The van der Waals surface area contributed by atoms with Crippen molar-refractivity contribution in [3.05, 3.63) is 78.3 Å². The second kappa shape index (κ2) is 13.7. The van der Waals surface area contributed by atoms with Crippen molar-refractivity contribution < 1.29 is 9.13 Å². The van der Waals surface area contributed by atoms with Crippen LogP contribution in [0.4, 0.5) is 15.8 Å². The highest BCUT2D eigenvalue weighted by Gasteiger charge is 2.19. The van der Waals surface area contributed by atoms with Crippen molar-refractivity contribution in [2.24, 2.45) is 15.8 Å². The molecule has 0 unspecified atom stereocenters. The Bertz CT molecular complexity index is 1130. The van der Waals surface area contributed by atoms with Crippen LogP contribution in [0, 0.1) is 0 Å². The van der Waals surface area contributed by atoms with Gasteiger partial charge in [0.1, 0.15) is 5.82 Å². The van der Waals surface area contributed by atoms with E-state index in [0.29, 0.717) is 32.0 Å². The van der Waals surface area contributed by atoms with Gasteiger partial charge in [-0.2, -0.15) is 5.10 Å². The average Bonchev–Trinajstić information content (AvgIpc) is 2.95. The maximum absolute atomic E-state index is 14.2. The van der Waals surface area contributed by atoms with Crippen molar-refractivity contribution in [2.45, 2.75) is 6.54 Å². The minimum absolute atomic E-state index is 0.101. The molecule has 0 spiro atoms. The number of morpholine rings is 1. The molecule has 4 N–H and O–H groups in total. The molecule has 1 aromatic heterocycles. The first-order chi connectivity index (χ1) is 18.5. The number of halogens is 1. The van der Waals surface area contributed by atoms with Gasteiger partial charge < -0.3 is 25.6 Å². The molecule has 2 aliphatic rings. The summed E-state index contributed by atoms with van der Waals surface area (Å²) in [7, 11) is 2.17. The van der Waals surface area contributed by atoms with Gasteiger partial charge in [0, 0.05) is 57.7 Å². The van der Waals surface area contributed by atoms with E-state index in [0.717, 1.165) is 50.3 Å². The average molecular weight is 522 g/mol. The summed E-state index contributed by atoms with van der Waals surface area (Å²) in [6.07, 6.45) is 4.17. The molecule has 2 aromatic rings. The molecule has 0 amide bonds. The van der Waals surface area contributed by atoms with E-state index in [-0.39, 0.29) is 11.7 Å². The highest BCUT2D eigenvalue weighted by Crippen LogP contribution is 2.18. The molecule has 0 bridgehead atoms. The van der Waals surface area contributed by atoms with Crippen LogP contribution in [-0.4, -0.2) is 91.3 Å². The fraction of sp³-hybridized carbons (Fsp3) is 0.370. The topological polar surface area (TPSA) is 107 Å². The van der Waals surface area contributed by atoms with Gasteiger partial charge in [0.15, 0.2) is 11.7 Å². The summed E-state index contributed by atoms with van der Waals surface area (Å²) >= 11 is 0. The number of nitrogens with two attached hydrogens (primary N) is 1. The number of amidine groups is 1. The van der Waals surface area contributed by atoms with Gasteiger partial charge in [-0.25, -0.2) is 9.38 Å². The number of hydrogen-bond donors (Lipinski definition) is 3. The molecule has 0 radical (unpaired) electrons. The third-order valence-corrected chi connectivity index (χ3v) is 6.33. The van der Waals surface area contributed by atoms with Gasteiger partial charge >= 0.3 is 0 Å². The summed E-state index contributed by atoms with van der Waals surface area (Å²) in [4.78, 5) is 15.2. The summed E-state index contributed by atoms with van der Waals surface area (Å²) in [5.41, 5.74) is 11.9. The third kappa shape index (κ3) is 8.10. The van der Waals surface area contributed by atoms with Crippen LogP contribution in [0.1, 0.15) is 11.3 Å². The quantitative estimate of drug-likeness (QED) is 0.263. The second-order valence-corrected chi connectivity index (χ2v) is 9.24. The van der Waals surface area contributed by atoms with Gasteiger partial charge in [0.2, 0.25) is 0 Å². The van der Waals surface area contributed by atoms with E-state index in [2.05, 4.69) is 73.5 Å². The lowest BCUT2D eigenvalue weighted by Crippen LogP contribution is -2.43. The maximum Gasteiger partial charge on any atom is 0.181 e. The fourth-order valence-electron chi connectivity index (χ4n) is 4.13. The molecule has 2 aliphatic heterocycles. The van der Waals surface area contributed by atoms with E-state index < -0.39 is 5.83 Å². The van der Waals surface area contributed by atoms with Crippen LogP contribution in [0.15, 0.2) is 77.1 Å². The number of nitrogens with zero attached hydrogens (tertiary/aromatic N) is 6.